The third kappa shape index (κ3) is 5.09. The molecule has 0 radical (unpaired) electrons. The molecular weight excluding hydrogens is 270 g/mol. The molecule has 1 atom stereocenters. The van der Waals surface area contributed by atoms with E-state index in [1.807, 2.05) is 0 Å². The summed E-state index contributed by atoms with van der Waals surface area (Å²) >= 11 is 0. The van der Waals surface area contributed by atoms with Gasteiger partial charge in [0.05, 0.1) is 11.8 Å². The average Bonchev–Trinajstić information content (AvgIpc) is 2.26. The first-order valence-electron chi connectivity index (χ1n) is 5.48. The van der Waals surface area contributed by atoms with E-state index in [-0.39, 0.29) is 17.0 Å². The van der Waals surface area contributed by atoms with Crippen LogP contribution in [0.2, 0.25) is 0 Å². The standard InChI is InChI=1S/C12H15NO5S/c1-8(14)9(2)18-12(15)10-5-4-6-11(7-10)13-19(3,16)17/h4-7,9,13H,1-3H3. The summed E-state index contributed by atoms with van der Waals surface area (Å²) in [5, 5.41) is 0. The Kier molecular flexibility index (Phi) is 4.66. The van der Waals surface area contributed by atoms with Gasteiger partial charge >= 0.3 is 5.97 Å². The minimum absolute atomic E-state index is 0.168. The normalized spacial score (nSPS) is 12.6. The molecule has 0 bridgehead atoms. The second kappa shape index (κ2) is 5.83. The highest BCUT2D eigenvalue weighted by Gasteiger charge is 2.15. The number of esters is 1. The number of carbonyl (C=O) groups excluding carboxylic acids is 2. The van der Waals surface area contributed by atoms with Crippen LogP contribution in [-0.4, -0.2) is 32.5 Å². The van der Waals surface area contributed by atoms with Gasteiger partial charge in [-0.1, -0.05) is 6.07 Å². The van der Waals surface area contributed by atoms with Gasteiger partial charge in [0.25, 0.3) is 0 Å². The highest BCUT2D eigenvalue weighted by molar-refractivity contribution is 7.92. The molecule has 6 nitrogen and oxygen atoms in total. The van der Waals surface area contributed by atoms with Gasteiger partial charge in [-0.2, -0.15) is 0 Å². The van der Waals surface area contributed by atoms with Gasteiger partial charge in [0, 0.05) is 5.69 Å². The van der Waals surface area contributed by atoms with Gasteiger partial charge in [0.2, 0.25) is 10.0 Å². The average molecular weight is 285 g/mol. The molecule has 0 amide bonds. The van der Waals surface area contributed by atoms with Crippen molar-refractivity contribution in [2.75, 3.05) is 11.0 Å². The highest BCUT2D eigenvalue weighted by atomic mass is 32.2. The van der Waals surface area contributed by atoms with Crippen molar-refractivity contribution in [2.24, 2.45) is 0 Å². The number of hydrogen-bond donors (Lipinski definition) is 1. The predicted octanol–water partition coefficient (Wildman–Crippen LogP) is 1.19. The number of rotatable bonds is 5. The number of Topliss-reactive ketones (excluding diaryl/α,β-unsaturated/α-hetero) is 1. The number of benzene rings is 1. The zero-order valence-corrected chi connectivity index (χ0v) is 11.7. The lowest BCUT2D eigenvalue weighted by Crippen LogP contribution is -2.22. The van der Waals surface area contributed by atoms with E-state index in [0.717, 1.165) is 6.26 Å². The monoisotopic (exact) mass is 285 g/mol. The number of nitrogens with one attached hydrogen (secondary N) is 1. The summed E-state index contributed by atoms with van der Waals surface area (Å²) < 4.78 is 29.3. The number of anilines is 1. The first kappa shape index (κ1) is 15.2. The molecule has 1 rings (SSSR count). The Bertz CT molecular complexity index is 594. The molecule has 0 aliphatic rings. The van der Waals surface area contributed by atoms with Gasteiger partial charge in [-0.05, 0) is 32.0 Å². The first-order chi connectivity index (χ1) is 8.69. The van der Waals surface area contributed by atoms with Crippen LogP contribution >= 0.6 is 0 Å². The molecule has 1 aromatic carbocycles. The van der Waals surface area contributed by atoms with Crippen molar-refractivity contribution in [1.82, 2.24) is 0 Å². The molecule has 1 aromatic rings. The molecule has 19 heavy (non-hydrogen) atoms. The van der Waals surface area contributed by atoms with Crippen molar-refractivity contribution in [3.05, 3.63) is 29.8 Å². The summed E-state index contributed by atoms with van der Waals surface area (Å²) in [5.74, 6) is -0.946. The van der Waals surface area contributed by atoms with Crippen LogP contribution in [0.15, 0.2) is 24.3 Å². The Balaban J connectivity index is 2.87. The van der Waals surface area contributed by atoms with E-state index in [2.05, 4.69) is 4.72 Å². The van der Waals surface area contributed by atoms with Gasteiger partial charge in [-0.3, -0.25) is 9.52 Å². The Morgan fingerprint density at radius 3 is 2.47 bits per heavy atom. The molecule has 0 fully saturated rings. The topological polar surface area (TPSA) is 89.5 Å². The van der Waals surface area contributed by atoms with Crippen LogP contribution in [0.3, 0.4) is 0 Å². The predicted molar refractivity (Wildman–Crippen MR) is 70.5 cm³/mol. The van der Waals surface area contributed by atoms with Crippen molar-refractivity contribution < 1.29 is 22.7 Å². The minimum Gasteiger partial charge on any atom is -0.451 e. The molecule has 0 saturated carbocycles. The number of sulfonamides is 1. The summed E-state index contributed by atoms with van der Waals surface area (Å²) in [6.07, 6.45) is 0.176. The molecule has 0 aromatic heterocycles. The van der Waals surface area contributed by atoms with Crippen LogP contribution in [-0.2, 0) is 19.6 Å². The van der Waals surface area contributed by atoms with Crippen molar-refractivity contribution in [2.45, 2.75) is 20.0 Å². The third-order valence-electron chi connectivity index (χ3n) is 2.26. The Morgan fingerprint density at radius 2 is 1.95 bits per heavy atom. The van der Waals surface area contributed by atoms with Crippen molar-refractivity contribution >= 4 is 27.5 Å². The zero-order valence-electron chi connectivity index (χ0n) is 10.8. The van der Waals surface area contributed by atoms with Gasteiger partial charge in [0.1, 0.15) is 0 Å². The van der Waals surface area contributed by atoms with E-state index in [0.29, 0.717) is 0 Å². The van der Waals surface area contributed by atoms with Crippen LogP contribution in [0.1, 0.15) is 24.2 Å². The Labute approximate surface area is 111 Å². The summed E-state index contributed by atoms with van der Waals surface area (Å²) in [4.78, 5) is 22.7. The zero-order chi connectivity index (χ0) is 14.6. The molecule has 0 aliphatic carbocycles. The molecule has 0 saturated heterocycles. The maximum Gasteiger partial charge on any atom is 0.338 e. The van der Waals surface area contributed by atoms with Crippen LogP contribution in [0.25, 0.3) is 0 Å². The van der Waals surface area contributed by atoms with Gasteiger partial charge in [-0.25, -0.2) is 13.2 Å². The second-order valence-corrected chi connectivity index (χ2v) is 5.86. The Morgan fingerprint density at radius 1 is 1.32 bits per heavy atom. The Hall–Kier alpha value is -1.89. The molecule has 1 unspecified atom stereocenters. The van der Waals surface area contributed by atoms with Gasteiger partial charge in [0.15, 0.2) is 11.9 Å². The van der Waals surface area contributed by atoms with Crippen LogP contribution < -0.4 is 4.72 Å². The molecule has 0 heterocycles. The summed E-state index contributed by atoms with van der Waals surface area (Å²) in [5.41, 5.74) is 0.425. The lowest BCUT2D eigenvalue weighted by molar-refractivity contribution is -0.124. The molecule has 7 heteroatoms. The molecule has 1 N–H and O–H groups in total. The first-order valence-corrected chi connectivity index (χ1v) is 7.37. The lowest BCUT2D eigenvalue weighted by Gasteiger charge is -2.10. The number of hydrogen-bond acceptors (Lipinski definition) is 5. The highest BCUT2D eigenvalue weighted by Crippen LogP contribution is 2.13. The smallest absolute Gasteiger partial charge is 0.338 e. The van der Waals surface area contributed by atoms with Crippen molar-refractivity contribution in [3.63, 3.8) is 0 Å². The second-order valence-electron chi connectivity index (χ2n) is 4.11. The van der Waals surface area contributed by atoms with Crippen LogP contribution in [0, 0.1) is 0 Å². The number of carbonyl (C=O) groups is 2. The van der Waals surface area contributed by atoms with E-state index in [4.69, 9.17) is 4.74 Å². The lowest BCUT2D eigenvalue weighted by atomic mass is 10.2. The SMILES string of the molecule is CC(=O)C(C)OC(=O)c1cccc(NS(C)(=O)=O)c1. The fourth-order valence-corrected chi connectivity index (χ4v) is 1.79. The fourth-order valence-electron chi connectivity index (χ4n) is 1.24. The van der Waals surface area contributed by atoms with Gasteiger partial charge in [-0.15, -0.1) is 0 Å². The van der Waals surface area contributed by atoms with Crippen molar-refractivity contribution in [3.8, 4) is 0 Å². The maximum absolute atomic E-state index is 11.7. The number of ether oxygens (including phenoxy) is 1. The fraction of sp³-hybridized carbons (Fsp3) is 0.333. The molecule has 0 spiro atoms. The maximum atomic E-state index is 11.7. The van der Waals surface area contributed by atoms with Crippen LogP contribution in [0.5, 0.6) is 0 Å². The largest absolute Gasteiger partial charge is 0.451 e. The van der Waals surface area contributed by atoms with E-state index < -0.39 is 22.1 Å². The van der Waals surface area contributed by atoms with E-state index in [1.165, 1.54) is 38.1 Å². The molecule has 0 aliphatic heterocycles. The summed E-state index contributed by atoms with van der Waals surface area (Å²) in [7, 11) is -3.41. The minimum atomic E-state index is -3.41. The molecule has 104 valence electrons. The van der Waals surface area contributed by atoms with Crippen molar-refractivity contribution in [1.29, 1.82) is 0 Å². The summed E-state index contributed by atoms with van der Waals surface area (Å²) in [6, 6.07) is 5.84. The molecular formula is C12H15NO5S. The van der Waals surface area contributed by atoms with Crippen LogP contribution in [0.4, 0.5) is 5.69 Å². The third-order valence-corrected chi connectivity index (χ3v) is 2.86. The number of ketones is 1. The van der Waals surface area contributed by atoms with E-state index >= 15 is 0 Å². The van der Waals surface area contributed by atoms with Gasteiger partial charge < -0.3 is 4.74 Å². The quantitative estimate of drug-likeness (QED) is 0.821. The van der Waals surface area contributed by atoms with E-state index in [1.54, 1.807) is 0 Å². The summed E-state index contributed by atoms with van der Waals surface area (Å²) in [6.45, 7) is 2.79. The van der Waals surface area contributed by atoms with E-state index in [9.17, 15) is 18.0 Å².